The van der Waals surface area contributed by atoms with Crippen LogP contribution in [0.25, 0.3) is 33.3 Å². The van der Waals surface area contributed by atoms with Gasteiger partial charge < -0.3 is 14.5 Å². The molecule has 0 aliphatic rings. The number of methoxy groups -OCH3 is 1. The van der Waals surface area contributed by atoms with Gasteiger partial charge in [0.05, 0.1) is 12.7 Å². The molecule has 1 amide bonds. The Morgan fingerprint density at radius 1 is 0.971 bits per heavy atom. The Morgan fingerprint density at radius 2 is 1.71 bits per heavy atom. The van der Waals surface area contributed by atoms with Crippen molar-refractivity contribution in [3.05, 3.63) is 90.0 Å². The van der Waals surface area contributed by atoms with E-state index >= 15 is 0 Å². The molecule has 0 atom stereocenters. The zero-order valence-corrected chi connectivity index (χ0v) is 19.4. The van der Waals surface area contributed by atoms with Crippen molar-refractivity contribution in [2.75, 3.05) is 12.4 Å². The highest BCUT2D eigenvalue weighted by molar-refractivity contribution is 7.80. The summed E-state index contributed by atoms with van der Waals surface area (Å²) in [6.07, 6.45) is 0. The van der Waals surface area contributed by atoms with Crippen molar-refractivity contribution < 1.29 is 13.9 Å². The lowest BCUT2D eigenvalue weighted by atomic mass is 10.1. The Balaban J connectivity index is 1.37. The van der Waals surface area contributed by atoms with E-state index in [9.17, 15) is 4.79 Å². The normalized spacial score (nSPS) is 10.9. The quantitative estimate of drug-likeness (QED) is 0.312. The number of aryl methyl sites for hydroxylation is 1. The number of para-hydroxylation sites is 2. The van der Waals surface area contributed by atoms with Crippen molar-refractivity contribution in [2.45, 2.75) is 6.92 Å². The Bertz CT molecular complexity index is 1520. The van der Waals surface area contributed by atoms with Crippen LogP contribution in [0, 0.1) is 6.92 Å². The van der Waals surface area contributed by atoms with Gasteiger partial charge in [-0.2, -0.15) is 0 Å². The fourth-order valence-electron chi connectivity index (χ4n) is 3.78. The van der Waals surface area contributed by atoms with E-state index in [-0.39, 0.29) is 11.0 Å². The minimum Gasteiger partial charge on any atom is -0.496 e. The van der Waals surface area contributed by atoms with Crippen molar-refractivity contribution in [3.63, 3.8) is 0 Å². The number of carbonyl (C=O) groups excluding carboxylic acids is 1. The molecular weight excluding hydrogens is 446 g/mol. The van der Waals surface area contributed by atoms with Gasteiger partial charge in [-0.15, -0.1) is 0 Å². The highest BCUT2D eigenvalue weighted by Crippen LogP contribution is 2.28. The highest BCUT2D eigenvalue weighted by Gasteiger charge is 2.16. The minimum atomic E-state index is -0.354. The van der Waals surface area contributed by atoms with Gasteiger partial charge in [0.25, 0.3) is 5.91 Å². The first-order chi connectivity index (χ1) is 16.5. The molecule has 0 aliphatic heterocycles. The van der Waals surface area contributed by atoms with Crippen LogP contribution in [0.3, 0.4) is 0 Å². The average Bonchev–Trinajstić information content (AvgIpc) is 3.28. The number of ether oxygens (including phenoxy) is 1. The maximum absolute atomic E-state index is 13.0. The number of aromatic nitrogens is 1. The first-order valence-electron chi connectivity index (χ1n) is 10.7. The summed E-state index contributed by atoms with van der Waals surface area (Å²) in [5.41, 5.74) is 4.42. The third-order valence-corrected chi connectivity index (χ3v) is 5.77. The van der Waals surface area contributed by atoms with Crippen LogP contribution in [0.4, 0.5) is 5.69 Å². The molecule has 0 spiro atoms. The smallest absolute Gasteiger partial charge is 0.261 e. The fraction of sp³-hybridized carbons (Fsp3) is 0.0741. The molecule has 6 nitrogen and oxygen atoms in total. The second kappa shape index (κ2) is 8.96. The molecule has 0 radical (unpaired) electrons. The summed E-state index contributed by atoms with van der Waals surface area (Å²) in [6, 6.07) is 24.8. The number of hydrogen-bond acceptors (Lipinski definition) is 5. The summed E-state index contributed by atoms with van der Waals surface area (Å²) >= 11 is 5.44. The maximum Gasteiger partial charge on any atom is 0.261 e. The van der Waals surface area contributed by atoms with E-state index in [1.807, 2.05) is 79.7 Å². The molecule has 0 unspecified atom stereocenters. The van der Waals surface area contributed by atoms with E-state index in [2.05, 4.69) is 15.6 Å². The first-order valence-corrected chi connectivity index (χ1v) is 11.1. The molecule has 0 saturated carbocycles. The molecule has 0 saturated heterocycles. The Hall–Kier alpha value is -4.23. The molecule has 0 fully saturated rings. The molecule has 168 valence electrons. The van der Waals surface area contributed by atoms with Gasteiger partial charge in [-0.25, -0.2) is 4.98 Å². The Labute approximate surface area is 201 Å². The van der Waals surface area contributed by atoms with Crippen molar-refractivity contribution in [2.24, 2.45) is 0 Å². The molecule has 5 aromatic rings. The second-order valence-electron chi connectivity index (χ2n) is 7.82. The van der Waals surface area contributed by atoms with E-state index in [4.69, 9.17) is 21.4 Å². The van der Waals surface area contributed by atoms with E-state index < -0.39 is 0 Å². The van der Waals surface area contributed by atoms with Crippen LogP contribution in [0.5, 0.6) is 5.75 Å². The number of benzene rings is 4. The summed E-state index contributed by atoms with van der Waals surface area (Å²) < 4.78 is 11.3. The van der Waals surface area contributed by atoms with Crippen LogP contribution in [0.1, 0.15) is 15.9 Å². The molecule has 5 rings (SSSR count). The lowest BCUT2D eigenvalue weighted by molar-refractivity contribution is 0.0975. The predicted octanol–water partition coefficient (Wildman–Crippen LogP) is 6.09. The number of fused-ring (bicyclic) bond motifs is 2. The van der Waals surface area contributed by atoms with Crippen molar-refractivity contribution in [1.29, 1.82) is 0 Å². The van der Waals surface area contributed by atoms with Gasteiger partial charge in [0.15, 0.2) is 10.7 Å². The fourth-order valence-corrected chi connectivity index (χ4v) is 3.98. The molecule has 7 heteroatoms. The van der Waals surface area contributed by atoms with Gasteiger partial charge in [0, 0.05) is 11.3 Å². The van der Waals surface area contributed by atoms with E-state index in [1.54, 1.807) is 13.2 Å². The van der Waals surface area contributed by atoms with Crippen LogP contribution in [0.2, 0.25) is 0 Å². The van der Waals surface area contributed by atoms with E-state index in [0.717, 1.165) is 38.7 Å². The Morgan fingerprint density at radius 3 is 2.47 bits per heavy atom. The number of hydrogen-bond donors (Lipinski definition) is 2. The van der Waals surface area contributed by atoms with E-state index in [1.165, 1.54) is 0 Å². The topological polar surface area (TPSA) is 76.4 Å². The average molecular weight is 468 g/mol. The summed E-state index contributed by atoms with van der Waals surface area (Å²) in [4.78, 5) is 17.6. The standard InChI is InChI=1S/C27H21N3O3S/c1-16-11-12-19(26-28-21-9-5-6-10-23(21)33-26)14-22(16)29-27(34)30-25(31)20-13-17-7-3-4-8-18(17)15-24(20)32-2/h3-15H,1-2H3,(H2,29,30,31,34). The van der Waals surface area contributed by atoms with Gasteiger partial charge in [0.1, 0.15) is 11.3 Å². The van der Waals surface area contributed by atoms with Crippen LogP contribution >= 0.6 is 12.2 Å². The highest BCUT2D eigenvalue weighted by atomic mass is 32.1. The number of rotatable bonds is 4. The summed E-state index contributed by atoms with van der Waals surface area (Å²) in [7, 11) is 1.54. The molecular formula is C27H21N3O3S. The summed E-state index contributed by atoms with van der Waals surface area (Å²) in [5.74, 6) is 0.640. The minimum absolute atomic E-state index is 0.179. The number of nitrogens with one attached hydrogen (secondary N) is 2. The van der Waals surface area contributed by atoms with E-state index in [0.29, 0.717) is 17.2 Å². The summed E-state index contributed by atoms with van der Waals surface area (Å²) in [6.45, 7) is 1.95. The molecule has 4 aromatic carbocycles. The van der Waals surface area contributed by atoms with Gasteiger partial charge >= 0.3 is 0 Å². The molecule has 0 aliphatic carbocycles. The van der Waals surface area contributed by atoms with Crippen LogP contribution in [-0.4, -0.2) is 23.1 Å². The lowest BCUT2D eigenvalue weighted by Gasteiger charge is -2.14. The zero-order chi connectivity index (χ0) is 23.7. The van der Waals surface area contributed by atoms with Gasteiger partial charge in [0.2, 0.25) is 5.89 Å². The molecule has 1 heterocycles. The lowest BCUT2D eigenvalue weighted by Crippen LogP contribution is -2.34. The second-order valence-corrected chi connectivity index (χ2v) is 8.23. The number of anilines is 1. The maximum atomic E-state index is 13.0. The number of thiocarbonyl (C=S) groups is 1. The molecule has 1 aromatic heterocycles. The predicted molar refractivity (Wildman–Crippen MR) is 138 cm³/mol. The van der Waals surface area contributed by atoms with Gasteiger partial charge in [-0.3, -0.25) is 10.1 Å². The van der Waals surface area contributed by atoms with Crippen LogP contribution in [0.15, 0.2) is 83.3 Å². The zero-order valence-electron chi connectivity index (χ0n) is 18.6. The Kier molecular flexibility index (Phi) is 5.69. The summed E-state index contributed by atoms with van der Waals surface area (Å²) in [5, 5.41) is 7.98. The van der Waals surface area contributed by atoms with Crippen molar-refractivity contribution >= 4 is 50.8 Å². The number of amides is 1. The third kappa shape index (κ3) is 4.21. The van der Waals surface area contributed by atoms with Gasteiger partial charge in [-0.05, 0) is 71.9 Å². The molecule has 2 N–H and O–H groups in total. The van der Waals surface area contributed by atoms with Crippen molar-refractivity contribution in [1.82, 2.24) is 10.3 Å². The number of oxazole rings is 1. The SMILES string of the molecule is COc1cc2ccccc2cc1C(=O)NC(=S)Nc1cc(-c2nc3ccccc3o2)ccc1C. The number of nitrogens with zero attached hydrogens (tertiary/aromatic N) is 1. The van der Waals surface area contributed by atoms with Crippen LogP contribution < -0.4 is 15.4 Å². The van der Waals surface area contributed by atoms with Crippen molar-refractivity contribution in [3.8, 4) is 17.2 Å². The molecule has 0 bridgehead atoms. The third-order valence-electron chi connectivity index (χ3n) is 5.57. The van der Waals surface area contributed by atoms with Gasteiger partial charge in [-0.1, -0.05) is 42.5 Å². The number of carbonyl (C=O) groups is 1. The monoisotopic (exact) mass is 467 g/mol. The largest absolute Gasteiger partial charge is 0.496 e. The molecule has 34 heavy (non-hydrogen) atoms. The first kappa shape index (κ1) is 21.6. The van der Waals surface area contributed by atoms with Crippen LogP contribution in [-0.2, 0) is 0 Å².